The molecule has 0 saturated carbocycles. The standard InChI is InChI=1S/C16H20N4O3S/c1-10-8-12(19-23-10)9-24-15-13(6-5-7-17-15)14(21)18-11(2)16(22)20(3)4/h5-8,11H,9H2,1-4H3,(H,18,21)/t11-/m1/s1. The van der Waals surface area contributed by atoms with Crippen LogP contribution in [-0.2, 0) is 10.5 Å². The summed E-state index contributed by atoms with van der Waals surface area (Å²) in [7, 11) is 3.30. The molecule has 7 nitrogen and oxygen atoms in total. The van der Waals surface area contributed by atoms with Crippen molar-refractivity contribution in [2.24, 2.45) is 0 Å². The number of carbonyl (C=O) groups is 2. The van der Waals surface area contributed by atoms with Crippen LogP contribution in [0.15, 0.2) is 33.9 Å². The number of carbonyl (C=O) groups excluding carboxylic acids is 2. The molecule has 0 bridgehead atoms. The van der Waals surface area contributed by atoms with E-state index in [0.717, 1.165) is 11.5 Å². The van der Waals surface area contributed by atoms with Crippen LogP contribution in [0.25, 0.3) is 0 Å². The van der Waals surface area contributed by atoms with Crippen molar-refractivity contribution >= 4 is 23.6 Å². The lowest BCUT2D eigenvalue weighted by Crippen LogP contribution is -2.44. The molecule has 1 atom stereocenters. The fourth-order valence-electron chi connectivity index (χ4n) is 2.03. The number of nitrogens with zero attached hydrogens (tertiary/aromatic N) is 3. The number of aryl methyl sites for hydroxylation is 1. The molecule has 0 aliphatic rings. The van der Waals surface area contributed by atoms with E-state index in [2.05, 4.69) is 15.5 Å². The molecule has 0 fully saturated rings. The zero-order chi connectivity index (χ0) is 17.7. The van der Waals surface area contributed by atoms with Gasteiger partial charge in [-0.2, -0.15) is 0 Å². The molecule has 2 rings (SSSR count). The van der Waals surface area contributed by atoms with Crippen molar-refractivity contribution < 1.29 is 14.1 Å². The summed E-state index contributed by atoms with van der Waals surface area (Å²) in [5.41, 5.74) is 1.21. The first-order valence-electron chi connectivity index (χ1n) is 7.40. The molecule has 0 unspecified atom stereocenters. The van der Waals surface area contributed by atoms with Gasteiger partial charge in [0.25, 0.3) is 5.91 Å². The van der Waals surface area contributed by atoms with Crippen molar-refractivity contribution in [2.45, 2.75) is 30.7 Å². The lowest BCUT2D eigenvalue weighted by Gasteiger charge is -2.18. The number of hydrogen-bond donors (Lipinski definition) is 1. The normalized spacial score (nSPS) is 11.8. The van der Waals surface area contributed by atoms with Gasteiger partial charge in [0.05, 0.1) is 11.3 Å². The largest absolute Gasteiger partial charge is 0.361 e. The molecule has 0 radical (unpaired) electrons. The molecular weight excluding hydrogens is 328 g/mol. The minimum absolute atomic E-state index is 0.167. The SMILES string of the molecule is Cc1cc(CSc2ncccc2C(=O)N[C@H](C)C(=O)N(C)C)no1. The third-order valence-corrected chi connectivity index (χ3v) is 4.25. The number of nitrogens with one attached hydrogen (secondary N) is 1. The minimum Gasteiger partial charge on any atom is -0.361 e. The molecule has 2 aromatic heterocycles. The van der Waals surface area contributed by atoms with Gasteiger partial charge in [0, 0.05) is 32.1 Å². The Labute approximate surface area is 144 Å². The number of aromatic nitrogens is 2. The average Bonchev–Trinajstić information content (AvgIpc) is 2.97. The predicted octanol–water partition coefficient (Wildman–Crippen LogP) is 1.88. The number of hydrogen-bond acceptors (Lipinski definition) is 6. The van der Waals surface area contributed by atoms with Gasteiger partial charge in [-0.1, -0.05) is 16.9 Å². The summed E-state index contributed by atoms with van der Waals surface area (Å²) in [5, 5.41) is 7.21. The molecule has 0 aliphatic heterocycles. The van der Waals surface area contributed by atoms with Crippen molar-refractivity contribution in [3.05, 3.63) is 41.4 Å². The lowest BCUT2D eigenvalue weighted by molar-refractivity contribution is -0.130. The third-order valence-electron chi connectivity index (χ3n) is 3.21. The second-order valence-electron chi connectivity index (χ2n) is 5.50. The lowest BCUT2D eigenvalue weighted by atomic mass is 10.2. The zero-order valence-corrected chi connectivity index (χ0v) is 14.9. The third kappa shape index (κ3) is 4.58. The van der Waals surface area contributed by atoms with E-state index < -0.39 is 6.04 Å². The second kappa shape index (κ2) is 7.96. The Bertz CT molecular complexity index is 730. The maximum atomic E-state index is 12.4. The van der Waals surface area contributed by atoms with Crippen molar-refractivity contribution in [3.63, 3.8) is 0 Å². The van der Waals surface area contributed by atoms with Crippen LogP contribution in [0.1, 0.15) is 28.7 Å². The molecular formula is C16H20N4O3S. The van der Waals surface area contributed by atoms with Gasteiger partial charge in [-0.25, -0.2) is 4.98 Å². The minimum atomic E-state index is -0.608. The van der Waals surface area contributed by atoms with E-state index >= 15 is 0 Å². The fourth-order valence-corrected chi connectivity index (χ4v) is 2.90. The van der Waals surface area contributed by atoms with Crippen molar-refractivity contribution in [1.82, 2.24) is 20.4 Å². The van der Waals surface area contributed by atoms with Gasteiger partial charge in [-0.05, 0) is 26.0 Å². The average molecular weight is 348 g/mol. The van der Waals surface area contributed by atoms with Gasteiger partial charge in [0.2, 0.25) is 5.91 Å². The zero-order valence-electron chi connectivity index (χ0n) is 14.1. The van der Waals surface area contributed by atoms with Crippen molar-refractivity contribution in [1.29, 1.82) is 0 Å². The summed E-state index contributed by atoms with van der Waals surface area (Å²) >= 11 is 1.39. The highest BCUT2D eigenvalue weighted by molar-refractivity contribution is 7.98. The van der Waals surface area contributed by atoms with Crippen LogP contribution in [0.3, 0.4) is 0 Å². The van der Waals surface area contributed by atoms with Crippen LogP contribution in [0, 0.1) is 6.92 Å². The van der Waals surface area contributed by atoms with Gasteiger partial charge >= 0.3 is 0 Å². The summed E-state index contributed by atoms with van der Waals surface area (Å²) in [6.45, 7) is 3.48. The van der Waals surface area contributed by atoms with E-state index in [9.17, 15) is 9.59 Å². The molecule has 0 saturated heterocycles. The van der Waals surface area contributed by atoms with Crippen LogP contribution in [0.4, 0.5) is 0 Å². The molecule has 1 N–H and O–H groups in total. The van der Waals surface area contributed by atoms with E-state index in [1.165, 1.54) is 16.7 Å². The quantitative estimate of drug-likeness (QED) is 0.802. The molecule has 0 aromatic carbocycles. The first kappa shape index (κ1) is 18.0. The summed E-state index contributed by atoms with van der Waals surface area (Å²) in [6, 6.07) is 4.61. The summed E-state index contributed by atoms with van der Waals surface area (Å²) in [6.07, 6.45) is 1.63. The van der Waals surface area contributed by atoms with Crippen LogP contribution in [-0.4, -0.2) is 47.0 Å². The first-order chi connectivity index (χ1) is 11.4. The molecule has 0 aliphatic carbocycles. The number of thioether (sulfide) groups is 1. The van der Waals surface area contributed by atoms with Gasteiger partial charge in [-0.3, -0.25) is 9.59 Å². The second-order valence-corrected chi connectivity index (χ2v) is 6.47. The predicted molar refractivity (Wildman–Crippen MR) is 90.7 cm³/mol. The Morgan fingerprint density at radius 3 is 2.79 bits per heavy atom. The molecule has 24 heavy (non-hydrogen) atoms. The van der Waals surface area contributed by atoms with Gasteiger partial charge in [0.15, 0.2) is 0 Å². The summed E-state index contributed by atoms with van der Waals surface area (Å²) in [5.74, 6) is 0.783. The summed E-state index contributed by atoms with van der Waals surface area (Å²) < 4.78 is 5.03. The van der Waals surface area contributed by atoms with E-state index in [1.807, 2.05) is 13.0 Å². The van der Waals surface area contributed by atoms with Crippen molar-refractivity contribution in [3.8, 4) is 0 Å². The highest BCUT2D eigenvalue weighted by atomic mass is 32.2. The van der Waals surface area contributed by atoms with Gasteiger partial charge in [0.1, 0.15) is 16.8 Å². The fraction of sp³-hybridized carbons (Fsp3) is 0.375. The monoisotopic (exact) mass is 348 g/mol. The van der Waals surface area contributed by atoms with Crippen LogP contribution in [0.5, 0.6) is 0 Å². The van der Waals surface area contributed by atoms with Crippen LogP contribution >= 0.6 is 11.8 Å². The smallest absolute Gasteiger partial charge is 0.254 e. The van der Waals surface area contributed by atoms with Crippen molar-refractivity contribution in [2.75, 3.05) is 14.1 Å². The maximum Gasteiger partial charge on any atom is 0.254 e. The Balaban J connectivity index is 2.07. The molecule has 2 heterocycles. The molecule has 0 spiro atoms. The molecule has 2 aromatic rings. The van der Waals surface area contributed by atoms with Gasteiger partial charge < -0.3 is 14.7 Å². The topological polar surface area (TPSA) is 88.3 Å². The highest BCUT2D eigenvalue weighted by Crippen LogP contribution is 2.24. The van der Waals surface area contributed by atoms with E-state index in [0.29, 0.717) is 16.3 Å². The number of likely N-dealkylation sites (N-methyl/N-ethyl adjacent to an activating group) is 1. The number of amides is 2. The first-order valence-corrected chi connectivity index (χ1v) is 8.39. The van der Waals surface area contributed by atoms with Crippen LogP contribution in [0.2, 0.25) is 0 Å². The van der Waals surface area contributed by atoms with E-state index in [4.69, 9.17) is 4.52 Å². The van der Waals surface area contributed by atoms with E-state index in [-0.39, 0.29) is 11.8 Å². The number of pyridine rings is 1. The van der Waals surface area contributed by atoms with Crippen LogP contribution < -0.4 is 5.32 Å². The number of rotatable bonds is 6. The highest BCUT2D eigenvalue weighted by Gasteiger charge is 2.20. The van der Waals surface area contributed by atoms with Gasteiger partial charge in [-0.15, -0.1) is 0 Å². The Morgan fingerprint density at radius 2 is 2.17 bits per heavy atom. The molecule has 2 amide bonds. The Kier molecular flexibility index (Phi) is 5.97. The molecule has 8 heteroatoms. The van der Waals surface area contributed by atoms with E-state index in [1.54, 1.807) is 39.3 Å². The Morgan fingerprint density at radius 1 is 1.42 bits per heavy atom. The summed E-state index contributed by atoms with van der Waals surface area (Å²) in [4.78, 5) is 30.0. The molecule has 128 valence electrons. The maximum absolute atomic E-state index is 12.4. The Hall–Kier alpha value is -2.35.